The van der Waals surface area contributed by atoms with Gasteiger partial charge in [0.1, 0.15) is 11.8 Å². The average Bonchev–Trinajstić information content (AvgIpc) is 2.87. The first-order chi connectivity index (χ1) is 16.2. The molecule has 0 bridgehead atoms. The van der Waals surface area contributed by atoms with Crippen LogP contribution in [0.15, 0.2) is 72.8 Å². The molecule has 2 N–H and O–H groups in total. The third kappa shape index (κ3) is 5.63. The van der Waals surface area contributed by atoms with Crippen LogP contribution >= 0.6 is 0 Å². The van der Waals surface area contributed by atoms with Crippen molar-refractivity contribution in [3.63, 3.8) is 0 Å². The molecule has 0 aromatic heterocycles. The molecule has 0 amide bonds. The van der Waals surface area contributed by atoms with Gasteiger partial charge in [-0.2, -0.15) is 0 Å². The molecule has 0 saturated heterocycles. The summed E-state index contributed by atoms with van der Waals surface area (Å²) in [6.07, 6.45) is 6.21. The van der Waals surface area contributed by atoms with Crippen LogP contribution in [-0.4, -0.2) is 24.2 Å². The van der Waals surface area contributed by atoms with Gasteiger partial charge in [-0.05, 0) is 61.1 Å². The number of aromatic hydroxyl groups is 1. The van der Waals surface area contributed by atoms with E-state index in [9.17, 15) is 9.90 Å². The van der Waals surface area contributed by atoms with Gasteiger partial charge in [-0.3, -0.25) is 0 Å². The molecule has 1 unspecified atom stereocenters. The Bertz CT molecular complexity index is 982. The van der Waals surface area contributed by atoms with Crippen molar-refractivity contribution in [2.75, 3.05) is 13.2 Å². The van der Waals surface area contributed by atoms with Crippen molar-refractivity contribution in [1.82, 2.24) is 5.32 Å². The Kier molecular flexibility index (Phi) is 7.79. The van der Waals surface area contributed by atoms with Crippen molar-refractivity contribution < 1.29 is 14.6 Å². The second kappa shape index (κ2) is 11.2. The molecule has 0 spiro atoms. The lowest BCUT2D eigenvalue weighted by molar-refractivity contribution is -0.145. The molecule has 0 aliphatic heterocycles. The Hall–Kier alpha value is -3.11. The summed E-state index contributed by atoms with van der Waals surface area (Å²) in [6.45, 7) is 2.94. The first-order valence-corrected chi connectivity index (χ1v) is 12.0. The number of benzene rings is 3. The van der Waals surface area contributed by atoms with E-state index in [2.05, 4.69) is 5.32 Å². The Morgan fingerprint density at radius 3 is 2.00 bits per heavy atom. The molecule has 1 fully saturated rings. The summed E-state index contributed by atoms with van der Waals surface area (Å²) in [4.78, 5) is 13.0. The molecule has 1 aliphatic carbocycles. The molecule has 4 heteroatoms. The van der Waals surface area contributed by atoms with Crippen molar-refractivity contribution >= 4 is 5.97 Å². The molecule has 4 nitrogen and oxygen atoms in total. The lowest BCUT2D eigenvalue weighted by Gasteiger charge is -2.26. The van der Waals surface area contributed by atoms with Gasteiger partial charge in [-0.25, -0.2) is 4.79 Å². The van der Waals surface area contributed by atoms with Crippen LogP contribution in [0.1, 0.15) is 50.6 Å². The zero-order chi connectivity index (χ0) is 23.0. The van der Waals surface area contributed by atoms with Crippen molar-refractivity contribution in [2.45, 2.75) is 45.1 Å². The number of phenolic OH excluding ortho intramolecular Hbond substituents is 1. The highest BCUT2D eigenvalue weighted by Gasteiger charge is 2.26. The SMILES string of the molecule is CCOC(=O)C(NCC1CCCCC1)c1cc(-c2ccccc2)c(O)c(-c2ccccc2)c1. The smallest absolute Gasteiger partial charge is 0.327 e. The number of hydrogen-bond donors (Lipinski definition) is 2. The van der Waals surface area contributed by atoms with Gasteiger partial charge in [0, 0.05) is 11.1 Å². The summed E-state index contributed by atoms with van der Waals surface area (Å²) in [5.74, 6) is 0.512. The fraction of sp³-hybridized carbons (Fsp3) is 0.345. The molecular formula is C29H33NO3. The van der Waals surface area contributed by atoms with Crippen molar-refractivity contribution in [3.05, 3.63) is 78.4 Å². The second-order valence-electron chi connectivity index (χ2n) is 8.79. The number of phenols is 1. The molecule has 172 valence electrons. The third-order valence-electron chi connectivity index (χ3n) is 6.49. The molecule has 3 aromatic carbocycles. The molecule has 3 aromatic rings. The standard InChI is InChI=1S/C29H33NO3/c1-2-33-29(32)27(30-20-21-12-6-3-7-13-21)24-18-25(22-14-8-4-9-15-22)28(31)26(19-24)23-16-10-5-11-17-23/h4-5,8-11,14-19,21,27,30-31H,2-3,6-7,12-13,20H2,1H3. The van der Waals surface area contributed by atoms with Gasteiger partial charge in [0.05, 0.1) is 6.61 Å². The summed E-state index contributed by atoms with van der Waals surface area (Å²) in [6, 6.07) is 22.9. The predicted octanol–water partition coefficient (Wildman–Crippen LogP) is 6.50. The molecule has 0 heterocycles. The van der Waals surface area contributed by atoms with Crippen LogP contribution in [-0.2, 0) is 9.53 Å². The summed E-state index contributed by atoms with van der Waals surface area (Å²) in [7, 11) is 0. The van der Waals surface area contributed by atoms with Crippen LogP contribution in [0.25, 0.3) is 22.3 Å². The highest BCUT2D eigenvalue weighted by Crippen LogP contribution is 2.40. The molecule has 33 heavy (non-hydrogen) atoms. The first-order valence-electron chi connectivity index (χ1n) is 12.0. The Labute approximate surface area is 196 Å². The van der Waals surface area contributed by atoms with Crippen LogP contribution in [0.3, 0.4) is 0 Å². The number of ether oxygens (including phenoxy) is 1. The third-order valence-corrected chi connectivity index (χ3v) is 6.49. The maximum atomic E-state index is 13.0. The summed E-state index contributed by atoms with van der Waals surface area (Å²) in [5, 5.41) is 14.8. The molecular weight excluding hydrogens is 410 g/mol. The van der Waals surface area contributed by atoms with E-state index in [1.54, 1.807) is 0 Å². The van der Waals surface area contributed by atoms with E-state index in [4.69, 9.17) is 4.74 Å². The minimum atomic E-state index is -0.586. The Morgan fingerprint density at radius 2 is 1.48 bits per heavy atom. The van der Waals surface area contributed by atoms with Crippen LogP contribution in [0.4, 0.5) is 0 Å². The second-order valence-corrected chi connectivity index (χ2v) is 8.79. The van der Waals surface area contributed by atoms with E-state index in [-0.39, 0.29) is 11.7 Å². The van der Waals surface area contributed by atoms with E-state index in [1.165, 1.54) is 32.1 Å². The highest BCUT2D eigenvalue weighted by atomic mass is 16.5. The average molecular weight is 444 g/mol. The van der Waals surface area contributed by atoms with Crippen molar-refractivity contribution in [3.8, 4) is 28.0 Å². The number of esters is 1. The van der Waals surface area contributed by atoms with Crippen LogP contribution in [0, 0.1) is 5.92 Å². The van der Waals surface area contributed by atoms with E-state index < -0.39 is 6.04 Å². The number of nitrogens with one attached hydrogen (secondary N) is 1. The van der Waals surface area contributed by atoms with E-state index >= 15 is 0 Å². The fourth-order valence-corrected chi connectivity index (χ4v) is 4.74. The van der Waals surface area contributed by atoms with Crippen molar-refractivity contribution in [1.29, 1.82) is 0 Å². The summed E-state index contributed by atoms with van der Waals surface area (Å²) in [5.41, 5.74) is 4.04. The number of carbonyl (C=O) groups excluding carboxylic acids is 1. The lowest BCUT2D eigenvalue weighted by atomic mass is 9.88. The van der Waals surface area contributed by atoms with E-state index in [0.717, 1.165) is 23.2 Å². The summed E-state index contributed by atoms with van der Waals surface area (Å²) < 4.78 is 5.46. The maximum absolute atomic E-state index is 13.0. The number of rotatable bonds is 8. The van der Waals surface area contributed by atoms with Crippen LogP contribution in [0.2, 0.25) is 0 Å². The van der Waals surface area contributed by atoms with Gasteiger partial charge < -0.3 is 15.2 Å². The van der Waals surface area contributed by atoms with Gasteiger partial charge >= 0.3 is 5.97 Å². The fourth-order valence-electron chi connectivity index (χ4n) is 4.74. The normalized spacial score (nSPS) is 15.2. The van der Waals surface area contributed by atoms with E-state index in [1.807, 2.05) is 79.7 Å². The van der Waals surface area contributed by atoms with Crippen LogP contribution in [0.5, 0.6) is 5.75 Å². The first kappa shape index (κ1) is 23.1. The Balaban J connectivity index is 1.77. The monoisotopic (exact) mass is 443 g/mol. The van der Waals surface area contributed by atoms with Gasteiger partial charge in [-0.1, -0.05) is 79.9 Å². The molecule has 0 radical (unpaired) electrons. The zero-order valence-corrected chi connectivity index (χ0v) is 19.3. The van der Waals surface area contributed by atoms with Gasteiger partial charge in [0.2, 0.25) is 0 Å². The zero-order valence-electron chi connectivity index (χ0n) is 19.3. The topological polar surface area (TPSA) is 58.6 Å². The molecule has 1 saturated carbocycles. The Morgan fingerprint density at radius 1 is 0.939 bits per heavy atom. The van der Waals surface area contributed by atoms with Gasteiger partial charge in [-0.15, -0.1) is 0 Å². The molecule has 1 atom stereocenters. The minimum absolute atomic E-state index is 0.214. The predicted molar refractivity (Wildman–Crippen MR) is 133 cm³/mol. The minimum Gasteiger partial charge on any atom is -0.507 e. The largest absolute Gasteiger partial charge is 0.507 e. The summed E-state index contributed by atoms with van der Waals surface area (Å²) >= 11 is 0. The highest BCUT2D eigenvalue weighted by molar-refractivity contribution is 5.86. The van der Waals surface area contributed by atoms with Gasteiger partial charge in [0.25, 0.3) is 0 Å². The maximum Gasteiger partial charge on any atom is 0.327 e. The van der Waals surface area contributed by atoms with Crippen LogP contribution < -0.4 is 5.32 Å². The number of carbonyl (C=O) groups is 1. The quantitative estimate of drug-likeness (QED) is 0.390. The molecule has 4 rings (SSSR count). The molecule has 1 aliphatic rings. The van der Waals surface area contributed by atoms with Crippen molar-refractivity contribution in [2.24, 2.45) is 5.92 Å². The lowest BCUT2D eigenvalue weighted by Crippen LogP contribution is -2.34. The van der Waals surface area contributed by atoms with E-state index in [0.29, 0.717) is 23.7 Å². The van der Waals surface area contributed by atoms with Gasteiger partial charge in [0.15, 0.2) is 0 Å². The number of hydrogen-bond acceptors (Lipinski definition) is 4.